The van der Waals surface area contributed by atoms with Gasteiger partial charge in [0, 0.05) is 26.6 Å². The maximum atomic E-state index is 12.3. The number of aryl methyl sites for hydroxylation is 2. The van der Waals surface area contributed by atoms with E-state index in [0.29, 0.717) is 37.0 Å². The van der Waals surface area contributed by atoms with Crippen LogP contribution in [-0.2, 0) is 4.74 Å². The normalized spacial score (nSPS) is 20.2. The van der Waals surface area contributed by atoms with Gasteiger partial charge in [0.25, 0.3) is 5.91 Å². The van der Waals surface area contributed by atoms with Gasteiger partial charge >= 0.3 is 0 Å². The Labute approximate surface area is 106 Å². The summed E-state index contributed by atoms with van der Waals surface area (Å²) in [5.74, 6) is 0.769. The highest BCUT2D eigenvalue weighted by Crippen LogP contribution is 2.15. The molecule has 1 N–H and O–H groups in total. The van der Waals surface area contributed by atoms with E-state index >= 15 is 0 Å². The van der Waals surface area contributed by atoms with Crippen molar-refractivity contribution in [1.82, 2.24) is 15.2 Å². The van der Waals surface area contributed by atoms with E-state index < -0.39 is 0 Å². The van der Waals surface area contributed by atoms with Crippen LogP contribution in [0.4, 0.5) is 0 Å². The van der Waals surface area contributed by atoms with E-state index in [2.05, 4.69) is 10.3 Å². The van der Waals surface area contributed by atoms with E-state index in [0.717, 1.165) is 6.54 Å². The van der Waals surface area contributed by atoms with Crippen molar-refractivity contribution in [2.24, 2.45) is 0 Å². The van der Waals surface area contributed by atoms with Crippen LogP contribution in [0.5, 0.6) is 0 Å². The van der Waals surface area contributed by atoms with Gasteiger partial charge in [0.1, 0.15) is 0 Å². The van der Waals surface area contributed by atoms with E-state index in [1.165, 1.54) is 0 Å². The number of rotatable bonds is 3. The third-order valence-corrected chi connectivity index (χ3v) is 2.96. The zero-order chi connectivity index (χ0) is 13.1. The van der Waals surface area contributed by atoms with Crippen molar-refractivity contribution in [2.45, 2.75) is 20.0 Å². The molecule has 1 atom stereocenters. The average molecular weight is 253 g/mol. The quantitative estimate of drug-likeness (QED) is 0.842. The van der Waals surface area contributed by atoms with Gasteiger partial charge in [-0.25, -0.2) is 4.98 Å². The minimum absolute atomic E-state index is 0.0389. The molecular weight excluding hydrogens is 234 g/mol. The number of nitrogens with one attached hydrogen (secondary N) is 1. The van der Waals surface area contributed by atoms with Crippen LogP contribution in [0.1, 0.15) is 22.1 Å². The second-order valence-electron chi connectivity index (χ2n) is 4.45. The van der Waals surface area contributed by atoms with Gasteiger partial charge in [-0.1, -0.05) is 0 Å². The fourth-order valence-electron chi connectivity index (χ4n) is 2.13. The summed E-state index contributed by atoms with van der Waals surface area (Å²) in [6, 6.07) is 0. The van der Waals surface area contributed by atoms with Crippen LogP contribution in [-0.4, -0.2) is 55.2 Å². The Bertz CT molecular complexity index is 428. The average Bonchev–Trinajstić information content (AvgIpc) is 2.68. The first kappa shape index (κ1) is 13.0. The monoisotopic (exact) mass is 253 g/mol. The maximum absolute atomic E-state index is 12.3. The third kappa shape index (κ3) is 2.70. The predicted molar refractivity (Wildman–Crippen MR) is 65.5 cm³/mol. The summed E-state index contributed by atoms with van der Waals surface area (Å²) in [4.78, 5) is 18.2. The maximum Gasteiger partial charge on any atom is 0.291 e. The van der Waals surface area contributed by atoms with E-state index in [9.17, 15) is 4.79 Å². The topological polar surface area (TPSA) is 67.6 Å². The van der Waals surface area contributed by atoms with Crippen molar-refractivity contribution < 1.29 is 13.9 Å². The SMILES string of the molecule is CNCC1CN(C(=O)c2oc(C)nc2C)CCO1. The summed E-state index contributed by atoms with van der Waals surface area (Å²) in [5.41, 5.74) is 0.647. The summed E-state index contributed by atoms with van der Waals surface area (Å²) in [6.45, 7) is 6.00. The standard InChI is InChI=1S/C12H19N3O3/c1-8-11(18-9(2)14-8)12(16)15-4-5-17-10(7-15)6-13-3/h10,13H,4-7H2,1-3H3. The van der Waals surface area contributed by atoms with E-state index in [1.807, 2.05) is 7.05 Å². The molecule has 0 bridgehead atoms. The van der Waals surface area contributed by atoms with Crippen molar-refractivity contribution in [1.29, 1.82) is 0 Å². The van der Waals surface area contributed by atoms with E-state index in [1.54, 1.807) is 18.7 Å². The summed E-state index contributed by atoms with van der Waals surface area (Å²) in [5, 5.41) is 3.05. The Kier molecular flexibility index (Phi) is 3.98. The van der Waals surface area contributed by atoms with Gasteiger partial charge in [0.2, 0.25) is 5.76 Å². The first-order valence-electron chi connectivity index (χ1n) is 6.11. The van der Waals surface area contributed by atoms with Crippen molar-refractivity contribution in [3.8, 4) is 0 Å². The molecule has 0 saturated carbocycles. The lowest BCUT2D eigenvalue weighted by Crippen LogP contribution is -2.48. The molecule has 1 saturated heterocycles. The smallest absolute Gasteiger partial charge is 0.291 e. The van der Waals surface area contributed by atoms with E-state index in [4.69, 9.17) is 9.15 Å². The molecule has 0 aliphatic carbocycles. The molecule has 1 aromatic heterocycles. The zero-order valence-corrected chi connectivity index (χ0v) is 11.0. The highest BCUT2D eigenvalue weighted by molar-refractivity contribution is 5.92. The van der Waals surface area contributed by atoms with E-state index in [-0.39, 0.29) is 12.0 Å². The Morgan fingerprint density at radius 2 is 2.33 bits per heavy atom. The molecular formula is C12H19N3O3. The molecule has 1 aliphatic heterocycles. The van der Waals surface area contributed by atoms with Crippen molar-refractivity contribution in [2.75, 3.05) is 33.3 Å². The molecule has 1 aromatic rings. The number of likely N-dealkylation sites (N-methyl/N-ethyl adjacent to an activating group) is 1. The Morgan fingerprint density at radius 1 is 1.56 bits per heavy atom. The van der Waals surface area contributed by atoms with Crippen LogP contribution in [0.3, 0.4) is 0 Å². The van der Waals surface area contributed by atoms with Gasteiger partial charge < -0.3 is 19.4 Å². The number of aromatic nitrogens is 1. The number of ether oxygens (including phenoxy) is 1. The lowest BCUT2D eigenvalue weighted by molar-refractivity contribution is -0.0206. The molecule has 1 fully saturated rings. The van der Waals surface area contributed by atoms with Crippen LogP contribution in [0.15, 0.2) is 4.42 Å². The number of oxazole rings is 1. The molecule has 6 heteroatoms. The summed E-state index contributed by atoms with van der Waals surface area (Å²) in [6.07, 6.45) is 0.0389. The summed E-state index contributed by atoms with van der Waals surface area (Å²) < 4.78 is 10.9. The van der Waals surface area contributed by atoms with Crippen molar-refractivity contribution >= 4 is 5.91 Å². The van der Waals surface area contributed by atoms with Crippen LogP contribution < -0.4 is 5.32 Å². The number of morpholine rings is 1. The molecule has 2 rings (SSSR count). The fourth-order valence-corrected chi connectivity index (χ4v) is 2.13. The number of hydrogen-bond acceptors (Lipinski definition) is 5. The lowest BCUT2D eigenvalue weighted by Gasteiger charge is -2.32. The van der Waals surface area contributed by atoms with Crippen molar-refractivity contribution in [3.63, 3.8) is 0 Å². The second-order valence-corrected chi connectivity index (χ2v) is 4.45. The number of nitrogens with zero attached hydrogens (tertiary/aromatic N) is 2. The van der Waals surface area contributed by atoms with Crippen LogP contribution in [0.25, 0.3) is 0 Å². The molecule has 1 unspecified atom stereocenters. The van der Waals surface area contributed by atoms with Crippen LogP contribution in [0, 0.1) is 13.8 Å². The molecule has 2 heterocycles. The zero-order valence-electron chi connectivity index (χ0n) is 11.0. The molecule has 100 valence electrons. The highest BCUT2D eigenvalue weighted by Gasteiger charge is 2.28. The number of hydrogen-bond donors (Lipinski definition) is 1. The van der Waals surface area contributed by atoms with Crippen LogP contribution in [0.2, 0.25) is 0 Å². The number of carbonyl (C=O) groups is 1. The minimum atomic E-state index is -0.0995. The molecule has 0 radical (unpaired) electrons. The molecule has 1 aliphatic rings. The van der Waals surface area contributed by atoms with Gasteiger partial charge in [-0.05, 0) is 14.0 Å². The Morgan fingerprint density at radius 3 is 2.94 bits per heavy atom. The van der Waals surface area contributed by atoms with Gasteiger partial charge in [0.15, 0.2) is 5.89 Å². The van der Waals surface area contributed by atoms with Crippen LogP contribution >= 0.6 is 0 Å². The highest BCUT2D eigenvalue weighted by atomic mass is 16.5. The van der Waals surface area contributed by atoms with Gasteiger partial charge in [-0.2, -0.15) is 0 Å². The summed E-state index contributed by atoms with van der Waals surface area (Å²) in [7, 11) is 1.87. The Balaban J connectivity index is 2.06. The fraction of sp³-hybridized carbons (Fsp3) is 0.667. The molecule has 0 aromatic carbocycles. The second kappa shape index (κ2) is 5.49. The van der Waals surface area contributed by atoms with Crippen molar-refractivity contribution in [3.05, 3.63) is 17.3 Å². The van der Waals surface area contributed by atoms with Gasteiger partial charge in [0.05, 0.1) is 18.4 Å². The summed E-state index contributed by atoms with van der Waals surface area (Å²) >= 11 is 0. The third-order valence-electron chi connectivity index (χ3n) is 2.96. The predicted octanol–water partition coefficient (Wildman–Crippen LogP) is 0.352. The number of carbonyl (C=O) groups excluding carboxylic acids is 1. The first-order chi connectivity index (χ1) is 8.61. The Hall–Kier alpha value is -1.40. The van der Waals surface area contributed by atoms with Gasteiger partial charge in [-0.3, -0.25) is 4.79 Å². The molecule has 0 spiro atoms. The minimum Gasteiger partial charge on any atom is -0.436 e. The first-order valence-corrected chi connectivity index (χ1v) is 6.11. The molecule has 1 amide bonds. The lowest BCUT2D eigenvalue weighted by atomic mass is 10.2. The largest absolute Gasteiger partial charge is 0.436 e. The molecule has 18 heavy (non-hydrogen) atoms. The van der Waals surface area contributed by atoms with Gasteiger partial charge in [-0.15, -0.1) is 0 Å². The molecule has 6 nitrogen and oxygen atoms in total. The number of amides is 1.